The van der Waals surface area contributed by atoms with Crippen LogP contribution in [0.2, 0.25) is 0 Å². The van der Waals surface area contributed by atoms with E-state index in [4.69, 9.17) is 31.9 Å². The molecular formula is C8H12N2O8Zn. The second-order valence-corrected chi connectivity index (χ2v) is 2.98. The molecule has 2 atom stereocenters. The summed E-state index contributed by atoms with van der Waals surface area (Å²) < 4.78 is 0. The molecule has 0 saturated carbocycles. The van der Waals surface area contributed by atoms with E-state index in [0.717, 1.165) is 0 Å². The summed E-state index contributed by atoms with van der Waals surface area (Å²) in [5, 5.41) is 31.9. The molecule has 2 unspecified atom stereocenters. The first-order chi connectivity index (χ1) is 8.07. The second kappa shape index (κ2) is 11.5. The second-order valence-electron chi connectivity index (χ2n) is 2.98. The van der Waals surface area contributed by atoms with Gasteiger partial charge in [0, 0.05) is 12.8 Å². The van der Waals surface area contributed by atoms with Crippen LogP contribution < -0.4 is 0 Å². The third-order valence-electron chi connectivity index (χ3n) is 1.35. The minimum absolute atomic E-state index is 0. The average Bonchev–Trinajstić information content (AvgIpc) is 2.16. The van der Waals surface area contributed by atoms with Crippen LogP contribution in [0.1, 0.15) is 12.8 Å². The summed E-state index contributed by atoms with van der Waals surface area (Å²) in [5.41, 5.74) is 13.2. The van der Waals surface area contributed by atoms with Crippen LogP contribution in [-0.2, 0) is 38.7 Å². The number of hydrogen-bond acceptors (Lipinski definition) is 4. The fourth-order valence-electron chi connectivity index (χ4n) is 0.524. The van der Waals surface area contributed by atoms with Crippen molar-refractivity contribution < 1.29 is 59.1 Å². The summed E-state index contributed by atoms with van der Waals surface area (Å²) in [6.45, 7) is 0. The molecule has 0 spiro atoms. The van der Waals surface area contributed by atoms with Gasteiger partial charge in [0.15, 0.2) is 0 Å². The Balaban J connectivity index is -0.000000256. The van der Waals surface area contributed by atoms with Crippen LogP contribution in [-0.4, -0.2) is 56.4 Å². The quantitative estimate of drug-likeness (QED) is 0.485. The van der Waals surface area contributed by atoms with Gasteiger partial charge in [-0.25, -0.2) is 0 Å². The SMILES string of the molecule is [NH-]C(CC(=O)O)C(=O)O.[NH-]C(CC(=O)O)C(=O)O.[Zn+2]. The van der Waals surface area contributed by atoms with Crippen LogP contribution in [0.5, 0.6) is 0 Å². The summed E-state index contributed by atoms with van der Waals surface area (Å²) in [7, 11) is 0. The molecule has 11 heteroatoms. The van der Waals surface area contributed by atoms with Gasteiger partial charge in [0.1, 0.15) is 0 Å². The van der Waals surface area contributed by atoms with E-state index < -0.39 is 48.8 Å². The van der Waals surface area contributed by atoms with Crippen LogP contribution >= 0.6 is 0 Å². The minimum atomic E-state index is -1.54. The van der Waals surface area contributed by atoms with Crippen molar-refractivity contribution in [2.45, 2.75) is 24.9 Å². The van der Waals surface area contributed by atoms with Crippen molar-refractivity contribution >= 4 is 23.9 Å². The predicted molar refractivity (Wildman–Crippen MR) is 56.0 cm³/mol. The molecule has 0 rings (SSSR count). The Labute approximate surface area is 120 Å². The maximum absolute atomic E-state index is 9.78. The van der Waals surface area contributed by atoms with Crippen molar-refractivity contribution in [3.05, 3.63) is 11.5 Å². The topological polar surface area (TPSA) is 197 Å². The predicted octanol–water partition coefficient (Wildman–Crippen LogP) is -0.0695. The van der Waals surface area contributed by atoms with Crippen molar-refractivity contribution in [3.8, 4) is 0 Å². The summed E-state index contributed by atoms with van der Waals surface area (Å²) in [4.78, 5) is 39.0. The zero-order valence-electron chi connectivity index (χ0n) is 9.70. The molecule has 0 aromatic rings. The van der Waals surface area contributed by atoms with Crippen LogP contribution in [0, 0.1) is 0 Å². The molecule has 0 aromatic carbocycles. The number of nitrogens with one attached hydrogen (secondary N) is 2. The van der Waals surface area contributed by atoms with Gasteiger partial charge in [0.2, 0.25) is 0 Å². The third kappa shape index (κ3) is 16.4. The monoisotopic (exact) mass is 328 g/mol. The molecule has 104 valence electrons. The van der Waals surface area contributed by atoms with Gasteiger partial charge in [0.05, 0.1) is 0 Å². The van der Waals surface area contributed by atoms with Gasteiger partial charge < -0.3 is 31.9 Å². The molecule has 0 aliphatic heterocycles. The fraction of sp³-hybridized carbons (Fsp3) is 0.500. The Morgan fingerprint density at radius 2 is 0.947 bits per heavy atom. The van der Waals surface area contributed by atoms with E-state index in [9.17, 15) is 19.2 Å². The Morgan fingerprint density at radius 1 is 0.737 bits per heavy atom. The average molecular weight is 330 g/mol. The number of carboxylic acid groups (broad SMARTS) is 4. The van der Waals surface area contributed by atoms with Crippen LogP contribution in [0.25, 0.3) is 11.5 Å². The summed E-state index contributed by atoms with van der Waals surface area (Å²) in [6, 6.07) is -3.08. The Hall–Kier alpha value is -1.58. The van der Waals surface area contributed by atoms with Gasteiger partial charge in [0.25, 0.3) is 11.9 Å². The summed E-state index contributed by atoms with van der Waals surface area (Å²) in [5.74, 6) is -5.34. The van der Waals surface area contributed by atoms with Crippen molar-refractivity contribution in [1.82, 2.24) is 0 Å². The third-order valence-corrected chi connectivity index (χ3v) is 1.35. The van der Waals surface area contributed by atoms with Crippen molar-refractivity contribution in [3.63, 3.8) is 0 Å². The molecule has 0 bridgehead atoms. The molecule has 10 nitrogen and oxygen atoms in total. The van der Waals surface area contributed by atoms with E-state index in [1.54, 1.807) is 0 Å². The molecule has 6 N–H and O–H groups in total. The Kier molecular flexibility index (Phi) is 13.7. The first-order valence-electron chi connectivity index (χ1n) is 4.39. The minimum Gasteiger partial charge on any atom is -0.665 e. The number of aliphatic carboxylic acids is 4. The number of carbonyl (C=O) groups is 4. The molecule has 0 fully saturated rings. The van der Waals surface area contributed by atoms with Crippen molar-refractivity contribution in [2.75, 3.05) is 0 Å². The van der Waals surface area contributed by atoms with Gasteiger partial charge in [-0.2, -0.15) is 0 Å². The summed E-state index contributed by atoms with van der Waals surface area (Å²) in [6.07, 6.45) is -1.29. The zero-order valence-corrected chi connectivity index (χ0v) is 12.7. The van der Waals surface area contributed by atoms with Crippen LogP contribution in [0.4, 0.5) is 0 Å². The maximum atomic E-state index is 9.78. The Bertz CT molecular complexity index is 303. The van der Waals surface area contributed by atoms with E-state index in [-0.39, 0.29) is 19.5 Å². The van der Waals surface area contributed by atoms with Crippen molar-refractivity contribution in [1.29, 1.82) is 0 Å². The van der Waals surface area contributed by atoms with E-state index in [1.807, 2.05) is 0 Å². The zero-order chi connectivity index (χ0) is 14.9. The maximum Gasteiger partial charge on any atom is 2.00 e. The molecule has 0 amide bonds. The van der Waals surface area contributed by atoms with Gasteiger partial charge in [-0.15, -0.1) is 0 Å². The normalized spacial score (nSPS) is 11.9. The molecule has 0 aliphatic rings. The van der Waals surface area contributed by atoms with E-state index >= 15 is 0 Å². The molecule has 0 radical (unpaired) electrons. The van der Waals surface area contributed by atoms with Crippen LogP contribution in [0.15, 0.2) is 0 Å². The molecule has 0 aliphatic carbocycles. The largest absolute Gasteiger partial charge is 2.00 e. The van der Waals surface area contributed by atoms with Crippen molar-refractivity contribution in [2.24, 2.45) is 0 Å². The Morgan fingerprint density at radius 3 is 1.00 bits per heavy atom. The molecule has 0 aromatic heterocycles. The number of rotatable bonds is 6. The molecule has 0 heterocycles. The van der Waals surface area contributed by atoms with Gasteiger partial charge in [-0.3, -0.25) is 19.2 Å². The van der Waals surface area contributed by atoms with Gasteiger partial charge in [-0.1, -0.05) is 0 Å². The van der Waals surface area contributed by atoms with Gasteiger partial charge in [-0.05, 0) is 12.1 Å². The standard InChI is InChI=1S/2C4H6NO4.Zn/c2*5-2(4(8)9)1-3(6)7;/h2*2,5H,1H2,(H,6,7)(H,8,9);/q2*-1;+2. The molecular weight excluding hydrogens is 317 g/mol. The molecule has 0 saturated heterocycles. The molecule has 19 heavy (non-hydrogen) atoms. The first kappa shape index (κ1) is 22.6. The fourth-order valence-corrected chi connectivity index (χ4v) is 0.524. The summed E-state index contributed by atoms with van der Waals surface area (Å²) >= 11 is 0. The van der Waals surface area contributed by atoms with E-state index in [2.05, 4.69) is 0 Å². The number of carboxylic acids is 4. The van der Waals surface area contributed by atoms with Crippen LogP contribution in [0.3, 0.4) is 0 Å². The van der Waals surface area contributed by atoms with E-state index in [0.29, 0.717) is 0 Å². The van der Waals surface area contributed by atoms with Gasteiger partial charge >= 0.3 is 31.4 Å². The smallest absolute Gasteiger partial charge is 0.665 e. The van der Waals surface area contributed by atoms with E-state index in [1.165, 1.54) is 0 Å². The first-order valence-corrected chi connectivity index (χ1v) is 4.39. The number of hydrogen-bond donors (Lipinski definition) is 4.